The van der Waals surface area contributed by atoms with Crippen molar-refractivity contribution in [3.63, 3.8) is 0 Å². The van der Waals surface area contributed by atoms with E-state index < -0.39 is 0 Å². The van der Waals surface area contributed by atoms with Crippen LogP contribution in [0.15, 0.2) is 0 Å². The fourth-order valence-corrected chi connectivity index (χ4v) is 2.15. The third-order valence-electron chi connectivity index (χ3n) is 3.11. The molecular formula is C13H25NO4. The highest BCUT2D eigenvalue weighted by Crippen LogP contribution is 2.17. The lowest BCUT2D eigenvalue weighted by atomic mass is 9.98. The molecule has 106 valence electrons. The SMILES string of the molecule is CCOC(=O)[C@H]1CCCN(CCOCCOC)C1. The van der Waals surface area contributed by atoms with Crippen LogP contribution in [0, 0.1) is 5.92 Å². The zero-order valence-corrected chi connectivity index (χ0v) is 11.5. The van der Waals surface area contributed by atoms with Crippen LogP contribution in [0.25, 0.3) is 0 Å². The van der Waals surface area contributed by atoms with Gasteiger partial charge in [0.05, 0.1) is 32.3 Å². The fraction of sp³-hybridized carbons (Fsp3) is 0.923. The summed E-state index contributed by atoms with van der Waals surface area (Å²) in [5, 5.41) is 0. The van der Waals surface area contributed by atoms with E-state index in [4.69, 9.17) is 14.2 Å². The van der Waals surface area contributed by atoms with Crippen LogP contribution < -0.4 is 0 Å². The van der Waals surface area contributed by atoms with Gasteiger partial charge in [-0.15, -0.1) is 0 Å². The highest BCUT2D eigenvalue weighted by Gasteiger charge is 2.26. The number of methoxy groups -OCH3 is 1. The monoisotopic (exact) mass is 259 g/mol. The molecule has 0 aromatic rings. The van der Waals surface area contributed by atoms with Crippen LogP contribution >= 0.6 is 0 Å². The molecule has 5 heteroatoms. The van der Waals surface area contributed by atoms with Crippen molar-refractivity contribution < 1.29 is 19.0 Å². The highest BCUT2D eigenvalue weighted by atomic mass is 16.5. The van der Waals surface area contributed by atoms with Crippen molar-refractivity contribution in [3.8, 4) is 0 Å². The Morgan fingerprint density at radius 3 is 2.89 bits per heavy atom. The standard InChI is InChI=1S/C13H25NO4/c1-3-18-13(15)12-5-4-6-14(11-12)7-8-17-10-9-16-2/h12H,3-11H2,1-2H3/t12-/m0/s1. The van der Waals surface area contributed by atoms with Crippen LogP contribution in [0.1, 0.15) is 19.8 Å². The largest absolute Gasteiger partial charge is 0.466 e. The predicted octanol–water partition coefficient (Wildman–Crippen LogP) is 0.925. The molecule has 1 rings (SSSR count). The Kier molecular flexibility index (Phi) is 7.96. The molecular weight excluding hydrogens is 234 g/mol. The van der Waals surface area contributed by atoms with Gasteiger partial charge in [-0.25, -0.2) is 0 Å². The number of hydrogen-bond acceptors (Lipinski definition) is 5. The molecule has 0 amide bonds. The van der Waals surface area contributed by atoms with E-state index in [0.717, 1.165) is 32.5 Å². The van der Waals surface area contributed by atoms with E-state index >= 15 is 0 Å². The first kappa shape index (κ1) is 15.4. The first-order chi connectivity index (χ1) is 8.77. The van der Waals surface area contributed by atoms with Gasteiger partial charge >= 0.3 is 5.97 Å². The molecule has 0 bridgehead atoms. The maximum absolute atomic E-state index is 11.7. The molecule has 0 radical (unpaired) electrons. The fourth-order valence-electron chi connectivity index (χ4n) is 2.15. The van der Waals surface area contributed by atoms with E-state index in [1.165, 1.54) is 0 Å². The van der Waals surface area contributed by atoms with Gasteiger partial charge in [-0.05, 0) is 26.3 Å². The summed E-state index contributed by atoms with van der Waals surface area (Å²) in [6, 6.07) is 0. The first-order valence-corrected chi connectivity index (χ1v) is 6.73. The van der Waals surface area contributed by atoms with Crippen molar-refractivity contribution in [2.75, 3.05) is 53.2 Å². The molecule has 1 saturated heterocycles. The Morgan fingerprint density at radius 1 is 1.33 bits per heavy atom. The van der Waals surface area contributed by atoms with Gasteiger partial charge in [0.15, 0.2) is 0 Å². The number of ether oxygens (including phenoxy) is 3. The smallest absolute Gasteiger partial charge is 0.310 e. The van der Waals surface area contributed by atoms with Crippen molar-refractivity contribution >= 4 is 5.97 Å². The Labute approximate surface area is 109 Å². The van der Waals surface area contributed by atoms with Crippen LogP contribution in [0.5, 0.6) is 0 Å². The Morgan fingerprint density at radius 2 is 2.17 bits per heavy atom. The van der Waals surface area contributed by atoms with Crippen molar-refractivity contribution in [2.24, 2.45) is 5.92 Å². The molecule has 0 N–H and O–H groups in total. The van der Waals surface area contributed by atoms with Crippen LogP contribution in [-0.4, -0.2) is 64.0 Å². The lowest BCUT2D eigenvalue weighted by Gasteiger charge is -2.31. The number of likely N-dealkylation sites (tertiary alicyclic amines) is 1. The number of piperidine rings is 1. The van der Waals surface area contributed by atoms with E-state index in [1.54, 1.807) is 7.11 Å². The molecule has 0 spiro atoms. The molecule has 1 fully saturated rings. The van der Waals surface area contributed by atoms with Crippen molar-refractivity contribution in [1.82, 2.24) is 4.90 Å². The quantitative estimate of drug-likeness (QED) is 0.479. The Balaban J connectivity index is 2.16. The summed E-state index contributed by atoms with van der Waals surface area (Å²) in [6.07, 6.45) is 2.00. The van der Waals surface area contributed by atoms with E-state index in [-0.39, 0.29) is 11.9 Å². The lowest BCUT2D eigenvalue weighted by Crippen LogP contribution is -2.41. The lowest BCUT2D eigenvalue weighted by molar-refractivity contribution is -0.150. The van der Waals surface area contributed by atoms with Gasteiger partial charge < -0.3 is 19.1 Å². The van der Waals surface area contributed by atoms with Crippen LogP contribution in [0.2, 0.25) is 0 Å². The summed E-state index contributed by atoms with van der Waals surface area (Å²) >= 11 is 0. The number of carbonyl (C=O) groups excluding carboxylic acids is 1. The summed E-state index contributed by atoms with van der Waals surface area (Å²) in [7, 11) is 1.66. The molecule has 0 aliphatic carbocycles. The summed E-state index contributed by atoms with van der Waals surface area (Å²) in [5.41, 5.74) is 0. The zero-order valence-electron chi connectivity index (χ0n) is 11.5. The number of carbonyl (C=O) groups is 1. The second-order valence-corrected chi connectivity index (χ2v) is 4.50. The number of hydrogen-bond donors (Lipinski definition) is 0. The van der Waals surface area contributed by atoms with Crippen LogP contribution in [-0.2, 0) is 19.0 Å². The highest BCUT2D eigenvalue weighted by molar-refractivity contribution is 5.72. The molecule has 5 nitrogen and oxygen atoms in total. The van der Waals surface area contributed by atoms with E-state index in [2.05, 4.69) is 4.90 Å². The molecule has 1 aliphatic heterocycles. The van der Waals surface area contributed by atoms with Crippen molar-refractivity contribution in [1.29, 1.82) is 0 Å². The normalized spacial score (nSPS) is 20.9. The molecule has 0 unspecified atom stereocenters. The second-order valence-electron chi connectivity index (χ2n) is 4.50. The molecule has 0 aromatic carbocycles. The topological polar surface area (TPSA) is 48.0 Å². The van der Waals surface area contributed by atoms with E-state index in [1.807, 2.05) is 6.92 Å². The second kappa shape index (κ2) is 9.30. The average Bonchev–Trinajstić information content (AvgIpc) is 2.39. The Bertz CT molecular complexity index is 235. The van der Waals surface area contributed by atoms with Crippen LogP contribution in [0.3, 0.4) is 0 Å². The van der Waals surface area contributed by atoms with Gasteiger partial charge in [-0.2, -0.15) is 0 Å². The molecule has 1 aliphatic rings. The molecule has 0 saturated carbocycles. The summed E-state index contributed by atoms with van der Waals surface area (Å²) in [4.78, 5) is 13.9. The van der Waals surface area contributed by atoms with Gasteiger partial charge in [-0.3, -0.25) is 4.79 Å². The minimum absolute atomic E-state index is 0.0395. The summed E-state index contributed by atoms with van der Waals surface area (Å²) < 4.78 is 15.4. The van der Waals surface area contributed by atoms with Gasteiger partial charge in [0.2, 0.25) is 0 Å². The average molecular weight is 259 g/mol. The van der Waals surface area contributed by atoms with Crippen molar-refractivity contribution in [2.45, 2.75) is 19.8 Å². The molecule has 1 heterocycles. The molecule has 1 atom stereocenters. The number of esters is 1. The number of rotatable bonds is 8. The zero-order chi connectivity index (χ0) is 13.2. The third-order valence-corrected chi connectivity index (χ3v) is 3.11. The first-order valence-electron chi connectivity index (χ1n) is 6.73. The minimum Gasteiger partial charge on any atom is -0.466 e. The number of nitrogens with zero attached hydrogens (tertiary/aromatic N) is 1. The summed E-state index contributed by atoms with van der Waals surface area (Å²) in [5.74, 6) is -0.0137. The van der Waals surface area contributed by atoms with Gasteiger partial charge in [0.1, 0.15) is 0 Å². The predicted molar refractivity (Wildman–Crippen MR) is 68.5 cm³/mol. The van der Waals surface area contributed by atoms with Gasteiger partial charge in [-0.1, -0.05) is 0 Å². The van der Waals surface area contributed by atoms with E-state index in [0.29, 0.717) is 26.4 Å². The third kappa shape index (κ3) is 5.80. The molecule has 18 heavy (non-hydrogen) atoms. The van der Waals surface area contributed by atoms with Gasteiger partial charge in [0, 0.05) is 20.2 Å². The molecule has 0 aromatic heterocycles. The maximum Gasteiger partial charge on any atom is 0.310 e. The maximum atomic E-state index is 11.7. The van der Waals surface area contributed by atoms with Gasteiger partial charge in [0.25, 0.3) is 0 Å². The van der Waals surface area contributed by atoms with E-state index in [9.17, 15) is 4.79 Å². The van der Waals surface area contributed by atoms with Crippen molar-refractivity contribution in [3.05, 3.63) is 0 Å². The summed E-state index contributed by atoms with van der Waals surface area (Å²) in [6.45, 7) is 6.99. The Hall–Kier alpha value is -0.650. The minimum atomic E-state index is -0.0532. The van der Waals surface area contributed by atoms with Crippen LogP contribution in [0.4, 0.5) is 0 Å².